The van der Waals surface area contributed by atoms with E-state index < -0.39 is 11.7 Å². The zero-order valence-corrected chi connectivity index (χ0v) is 20.2. The number of nitrogens with one attached hydrogen (secondary N) is 1. The summed E-state index contributed by atoms with van der Waals surface area (Å²) in [6.07, 6.45) is 0. The number of halogens is 4. The Morgan fingerprint density at radius 3 is 2.61 bits per heavy atom. The van der Waals surface area contributed by atoms with E-state index in [2.05, 4.69) is 32.9 Å². The zero-order chi connectivity index (χ0) is 23.1. The topological polar surface area (TPSA) is 68.3 Å². The lowest BCUT2D eigenvalue weighted by molar-refractivity contribution is 0.0997. The van der Waals surface area contributed by atoms with E-state index in [0.717, 1.165) is 3.57 Å². The van der Waals surface area contributed by atoms with Crippen LogP contribution in [0.2, 0.25) is 10.0 Å². The first-order valence-corrected chi connectivity index (χ1v) is 11.4. The van der Waals surface area contributed by atoms with Gasteiger partial charge in [-0.3, -0.25) is 4.79 Å². The molecule has 1 N–H and O–H groups in total. The van der Waals surface area contributed by atoms with Crippen LogP contribution in [0.3, 0.4) is 0 Å². The van der Waals surface area contributed by atoms with Crippen LogP contribution in [0.5, 0.6) is 0 Å². The lowest BCUT2D eigenvalue weighted by atomic mass is 10.2. The highest BCUT2D eigenvalue weighted by molar-refractivity contribution is 14.1. The number of carbonyl (C=O) groups is 1. The van der Waals surface area contributed by atoms with Gasteiger partial charge in [-0.05, 0) is 89.3 Å². The van der Waals surface area contributed by atoms with Crippen LogP contribution in [0.4, 0.5) is 10.1 Å². The van der Waals surface area contributed by atoms with E-state index in [1.165, 1.54) is 24.3 Å². The second-order valence-electron chi connectivity index (χ2n) is 7.07. The number of oxazole rings is 1. The summed E-state index contributed by atoms with van der Waals surface area (Å²) in [7, 11) is 0. The zero-order valence-electron chi connectivity index (χ0n) is 16.5. The lowest BCUT2D eigenvalue weighted by Gasteiger charge is -2.03. The van der Waals surface area contributed by atoms with Gasteiger partial charge in [-0.15, -0.1) is 0 Å². The van der Waals surface area contributed by atoms with Crippen molar-refractivity contribution in [3.05, 3.63) is 91.9 Å². The molecule has 0 radical (unpaired) electrons. The summed E-state index contributed by atoms with van der Waals surface area (Å²) in [5, 5.41) is 3.29. The van der Waals surface area contributed by atoms with Crippen molar-refractivity contribution in [2.24, 2.45) is 0 Å². The first-order valence-electron chi connectivity index (χ1n) is 9.60. The first kappa shape index (κ1) is 21.9. The van der Waals surface area contributed by atoms with E-state index in [1.807, 2.05) is 12.1 Å². The Labute approximate surface area is 210 Å². The third-order valence-corrected chi connectivity index (χ3v) is 6.13. The van der Waals surface area contributed by atoms with E-state index in [-0.39, 0.29) is 10.8 Å². The van der Waals surface area contributed by atoms with Crippen LogP contribution in [-0.4, -0.2) is 10.9 Å². The summed E-state index contributed by atoms with van der Waals surface area (Å²) in [5.74, 6) is -0.0885. The minimum Gasteiger partial charge on any atom is -0.451 e. The Morgan fingerprint density at radius 2 is 1.79 bits per heavy atom. The quantitative estimate of drug-likeness (QED) is 0.214. The molecular formula is C24H12Cl2FIN2O3. The summed E-state index contributed by atoms with van der Waals surface area (Å²) < 4.78 is 25.9. The molecule has 2 heterocycles. The number of anilines is 1. The van der Waals surface area contributed by atoms with Crippen LogP contribution in [0.1, 0.15) is 10.6 Å². The second-order valence-corrected chi connectivity index (χ2v) is 9.13. The molecule has 0 bridgehead atoms. The molecule has 0 saturated carbocycles. The standard InChI is InChI=1S/C24H12Cl2FIN2O3/c25-16-4-2-13(28)10-15(16)24-30-19-11-14(3-6-21(19)33-24)29-23(31)22-8-7-20(32-22)12-1-5-18(27)17(26)9-12/h1-11H,(H,29,31). The monoisotopic (exact) mass is 592 g/mol. The van der Waals surface area contributed by atoms with Crippen LogP contribution in [-0.2, 0) is 0 Å². The molecule has 5 aromatic rings. The molecule has 3 aromatic carbocycles. The minimum absolute atomic E-state index is 0.0262. The predicted molar refractivity (Wildman–Crippen MR) is 134 cm³/mol. The number of nitrogens with zero attached hydrogens (tertiary/aromatic N) is 1. The maximum Gasteiger partial charge on any atom is 0.291 e. The fourth-order valence-electron chi connectivity index (χ4n) is 3.24. The lowest BCUT2D eigenvalue weighted by Crippen LogP contribution is -2.10. The molecule has 0 spiro atoms. The smallest absolute Gasteiger partial charge is 0.291 e. The summed E-state index contributed by atoms with van der Waals surface area (Å²) in [4.78, 5) is 17.2. The normalized spacial score (nSPS) is 11.2. The molecule has 0 aliphatic carbocycles. The number of benzene rings is 3. The third-order valence-electron chi connectivity index (χ3n) is 4.84. The molecular weight excluding hydrogens is 581 g/mol. The molecule has 5 rings (SSSR count). The highest BCUT2D eigenvalue weighted by Crippen LogP contribution is 2.32. The molecule has 0 saturated heterocycles. The number of rotatable bonds is 4. The molecule has 0 fully saturated rings. The Morgan fingerprint density at radius 1 is 0.939 bits per heavy atom. The van der Waals surface area contributed by atoms with E-state index in [0.29, 0.717) is 44.6 Å². The minimum atomic E-state index is -0.527. The van der Waals surface area contributed by atoms with Gasteiger partial charge in [0.05, 0.1) is 15.6 Å². The third kappa shape index (κ3) is 4.48. The van der Waals surface area contributed by atoms with Gasteiger partial charge in [0.15, 0.2) is 11.3 Å². The number of furan rings is 1. The summed E-state index contributed by atoms with van der Waals surface area (Å²) >= 11 is 14.3. The molecule has 164 valence electrons. The number of hydrogen-bond acceptors (Lipinski definition) is 4. The number of hydrogen-bond donors (Lipinski definition) is 1. The van der Waals surface area contributed by atoms with Crippen molar-refractivity contribution in [2.75, 3.05) is 5.32 Å². The van der Waals surface area contributed by atoms with Gasteiger partial charge in [-0.25, -0.2) is 9.37 Å². The Hall–Kier alpha value is -2.88. The number of amides is 1. The van der Waals surface area contributed by atoms with Gasteiger partial charge < -0.3 is 14.2 Å². The molecule has 9 heteroatoms. The molecule has 0 atom stereocenters. The molecule has 0 aliphatic rings. The molecule has 1 amide bonds. The summed E-state index contributed by atoms with van der Waals surface area (Å²) in [5.41, 5.74) is 2.90. The van der Waals surface area contributed by atoms with Crippen molar-refractivity contribution < 1.29 is 18.0 Å². The Bertz CT molecular complexity index is 1530. The van der Waals surface area contributed by atoms with Gasteiger partial charge in [0.25, 0.3) is 5.91 Å². The Balaban J connectivity index is 1.38. The van der Waals surface area contributed by atoms with Gasteiger partial charge in [-0.2, -0.15) is 0 Å². The van der Waals surface area contributed by atoms with Crippen molar-refractivity contribution >= 4 is 68.5 Å². The van der Waals surface area contributed by atoms with Crippen molar-refractivity contribution in [1.82, 2.24) is 4.98 Å². The Kier molecular flexibility index (Phi) is 5.86. The average molecular weight is 593 g/mol. The van der Waals surface area contributed by atoms with E-state index in [4.69, 9.17) is 32.0 Å². The van der Waals surface area contributed by atoms with Crippen molar-refractivity contribution in [3.63, 3.8) is 0 Å². The van der Waals surface area contributed by atoms with Crippen molar-refractivity contribution in [1.29, 1.82) is 0 Å². The highest BCUT2D eigenvalue weighted by atomic mass is 127. The van der Waals surface area contributed by atoms with Gasteiger partial charge >= 0.3 is 0 Å². The number of fused-ring (bicyclic) bond motifs is 1. The number of carbonyl (C=O) groups excluding carboxylic acids is 1. The fourth-order valence-corrected chi connectivity index (χ4v) is 4.11. The van der Waals surface area contributed by atoms with Gasteiger partial charge in [0.1, 0.15) is 17.1 Å². The first-order chi connectivity index (χ1) is 15.9. The van der Waals surface area contributed by atoms with Crippen LogP contribution >= 0.6 is 45.8 Å². The van der Waals surface area contributed by atoms with Gasteiger partial charge in [0.2, 0.25) is 5.89 Å². The molecule has 5 nitrogen and oxygen atoms in total. The molecule has 0 unspecified atom stereocenters. The maximum atomic E-state index is 13.4. The van der Waals surface area contributed by atoms with E-state index >= 15 is 0 Å². The van der Waals surface area contributed by atoms with Gasteiger partial charge in [-0.1, -0.05) is 23.2 Å². The maximum absolute atomic E-state index is 13.4. The largest absolute Gasteiger partial charge is 0.451 e. The highest BCUT2D eigenvalue weighted by Gasteiger charge is 2.16. The number of aromatic nitrogens is 1. The van der Waals surface area contributed by atoms with E-state index in [1.54, 1.807) is 30.3 Å². The summed E-state index contributed by atoms with van der Waals surface area (Å²) in [6, 6.07) is 18.1. The van der Waals surface area contributed by atoms with Crippen molar-refractivity contribution in [2.45, 2.75) is 0 Å². The van der Waals surface area contributed by atoms with Crippen LogP contribution in [0, 0.1) is 9.39 Å². The molecule has 33 heavy (non-hydrogen) atoms. The average Bonchev–Trinajstić information content (AvgIpc) is 3.44. The molecule has 2 aromatic heterocycles. The second kappa shape index (κ2) is 8.81. The van der Waals surface area contributed by atoms with Crippen molar-refractivity contribution in [3.8, 4) is 22.8 Å². The molecule has 0 aliphatic heterocycles. The van der Waals surface area contributed by atoms with Crippen LogP contribution in [0.15, 0.2) is 75.6 Å². The van der Waals surface area contributed by atoms with Crippen LogP contribution < -0.4 is 5.32 Å². The van der Waals surface area contributed by atoms with E-state index in [9.17, 15) is 9.18 Å². The summed E-state index contributed by atoms with van der Waals surface area (Å²) in [6.45, 7) is 0. The van der Waals surface area contributed by atoms with Gasteiger partial charge in [0, 0.05) is 14.8 Å². The van der Waals surface area contributed by atoms with Crippen LogP contribution in [0.25, 0.3) is 33.9 Å². The predicted octanol–water partition coefficient (Wildman–Crippen LogP) is 8.06. The fraction of sp³-hybridized carbons (Fsp3) is 0. The SMILES string of the molecule is O=C(Nc1ccc2oc(-c3cc(I)ccc3Cl)nc2c1)c1ccc(-c2ccc(F)c(Cl)c2)o1.